The highest BCUT2D eigenvalue weighted by atomic mass is 127. The number of benzene rings is 1. The summed E-state index contributed by atoms with van der Waals surface area (Å²) in [5.74, 6) is 0.521. The van der Waals surface area contributed by atoms with Crippen molar-refractivity contribution in [3.05, 3.63) is 34.9 Å². The molecule has 0 aliphatic carbocycles. The highest BCUT2D eigenvalue weighted by molar-refractivity contribution is 14.0. The fraction of sp³-hybridized carbons (Fsp3) is 0.500. The van der Waals surface area contributed by atoms with E-state index in [-0.39, 0.29) is 36.0 Å². The molecule has 24 heavy (non-hydrogen) atoms. The summed E-state index contributed by atoms with van der Waals surface area (Å²) < 4.78 is 5.55. The first kappa shape index (κ1) is 21.0. The quantitative estimate of drug-likeness (QED) is 0.260. The van der Waals surface area contributed by atoms with E-state index >= 15 is 0 Å². The lowest BCUT2D eigenvalue weighted by Crippen LogP contribution is -2.43. The van der Waals surface area contributed by atoms with Crippen molar-refractivity contribution in [2.75, 3.05) is 33.3 Å². The van der Waals surface area contributed by atoms with Gasteiger partial charge in [-0.2, -0.15) is 0 Å². The molecule has 1 heterocycles. The molecule has 6 nitrogen and oxygen atoms in total. The third kappa shape index (κ3) is 6.82. The Morgan fingerprint density at radius 3 is 2.71 bits per heavy atom. The summed E-state index contributed by atoms with van der Waals surface area (Å²) in [6, 6.07) is 6.99. The molecule has 1 atom stereocenters. The Morgan fingerprint density at radius 1 is 1.29 bits per heavy atom. The largest absolute Gasteiger partial charge is 0.376 e. The summed E-state index contributed by atoms with van der Waals surface area (Å²) in [5, 5.41) is 9.64. The number of guanidine groups is 1. The van der Waals surface area contributed by atoms with Crippen LogP contribution in [0.5, 0.6) is 0 Å². The topological polar surface area (TPSA) is 74.8 Å². The Bertz CT molecular complexity index is 551. The Balaban J connectivity index is 0.00000288. The lowest BCUT2D eigenvalue weighted by molar-refractivity contribution is 0.0954. The van der Waals surface area contributed by atoms with Crippen LogP contribution in [0.15, 0.2) is 29.3 Å². The fourth-order valence-corrected chi connectivity index (χ4v) is 2.56. The lowest BCUT2D eigenvalue weighted by Gasteiger charge is -2.15. The number of hydrogen-bond donors (Lipinski definition) is 3. The highest BCUT2D eigenvalue weighted by Gasteiger charge is 2.15. The number of nitrogens with zero attached hydrogens (tertiary/aromatic N) is 1. The maximum atomic E-state index is 12.0. The number of amides is 1. The van der Waals surface area contributed by atoms with Crippen LogP contribution in [0.1, 0.15) is 23.2 Å². The van der Waals surface area contributed by atoms with Crippen molar-refractivity contribution in [2.45, 2.75) is 18.9 Å². The van der Waals surface area contributed by atoms with Gasteiger partial charge < -0.3 is 20.7 Å². The molecule has 1 amide bonds. The zero-order valence-electron chi connectivity index (χ0n) is 13.7. The SMILES string of the molecule is CN=C(NCCNC(=O)c1ccccc1Cl)NCC1CCCO1.I. The minimum atomic E-state index is -0.181. The smallest absolute Gasteiger partial charge is 0.252 e. The van der Waals surface area contributed by atoms with E-state index in [1.165, 1.54) is 0 Å². The van der Waals surface area contributed by atoms with Gasteiger partial charge in [0, 0.05) is 33.3 Å². The van der Waals surface area contributed by atoms with E-state index in [9.17, 15) is 4.79 Å². The van der Waals surface area contributed by atoms with Crippen LogP contribution in [0.4, 0.5) is 0 Å². The second-order valence-electron chi connectivity index (χ2n) is 5.25. The predicted octanol–water partition coefficient (Wildman–Crippen LogP) is 2.03. The molecule has 1 aromatic rings. The van der Waals surface area contributed by atoms with E-state index in [1.807, 2.05) is 0 Å². The Morgan fingerprint density at radius 2 is 2.04 bits per heavy atom. The third-order valence-electron chi connectivity index (χ3n) is 3.57. The van der Waals surface area contributed by atoms with Gasteiger partial charge in [-0.05, 0) is 25.0 Å². The Kier molecular flexibility index (Phi) is 10.0. The van der Waals surface area contributed by atoms with Gasteiger partial charge in [0.2, 0.25) is 0 Å². The molecule has 1 unspecified atom stereocenters. The maximum Gasteiger partial charge on any atom is 0.252 e. The molecule has 8 heteroatoms. The van der Waals surface area contributed by atoms with E-state index in [0.29, 0.717) is 29.6 Å². The average Bonchev–Trinajstić information content (AvgIpc) is 3.08. The van der Waals surface area contributed by atoms with Crippen LogP contribution in [0, 0.1) is 0 Å². The van der Waals surface area contributed by atoms with E-state index in [2.05, 4.69) is 20.9 Å². The first-order valence-electron chi connectivity index (χ1n) is 7.79. The van der Waals surface area contributed by atoms with Gasteiger partial charge >= 0.3 is 0 Å². The zero-order chi connectivity index (χ0) is 16.5. The molecule has 0 radical (unpaired) electrons. The van der Waals surface area contributed by atoms with Crippen LogP contribution in [0.2, 0.25) is 5.02 Å². The second kappa shape index (κ2) is 11.5. The number of rotatable bonds is 6. The van der Waals surface area contributed by atoms with Gasteiger partial charge in [0.25, 0.3) is 5.91 Å². The van der Waals surface area contributed by atoms with E-state index in [1.54, 1.807) is 31.3 Å². The van der Waals surface area contributed by atoms with Crippen LogP contribution in [-0.2, 0) is 4.74 Å². The average molecular weight is 467 g/mol. The summed E-state index contributed by atoms with van der Waals surface area (Å²) >= 11 is 5.99. The molecule has 2 rings (SSSR count). The van der Waals surface area contributed by atoms with Crippen molar-refractivity contribution in [3.8, 4) is 0 Å². The number of nitrogens with one attached hydrogen (secondary N) is 3. The fourth-order valence-electron chi connectivity index (χ4n) is 2.33. The lowest BCUT2D eigenvalue weighted by atomic mass is 10.2. The monoisotopic (exact) mass is 466 g/mol. The van der Waals surface area contributed by atoms with Crippen LogP contribution in [0.25, 0.3) is 0 Å². The molecule has 1 aliphatic rings. The molecule has 0 bridgehead atoms. The summed E-state index contributed by atoms with van der Waals surface area (Å²) in [6.45, 7) is 2.63. The van der Waals surface area contributed by atoms with Crippen molar-refractivity contribution >= 4 is 47.4 Å². The minimum absolute atomic E-state index is 0. The van der Waals surface area contributed by atoms with Gasteiger partial charge in [-0.25, -0.2) is 0 Å². The van der Waals surface area contributed by atoms with Gasteiger partial charge in [-0.1, -0.05) is 23.7 Å². The standard InChI is InChI=1S/C16H23ClN4O2.HI/c1-18-16(21-11-12-5-4-10-23-12)20-9-8-19-15(22)13-6-2-3-7-14(13)17;/h2-3,6-7,12H,4-5,8-11H2,1H3,(H,19,22)(H2,18,20,21);1H. The van der Waals surface area contributed by atoms with Crippen molar-refractivity contribution < 1.29 is 9.53 Å². The van der Waals surface area contributed by atoms with Crippen LogP contribution in [-0.4, -0.2) is 51.3 Å². The van der Waals surface area contributed by atoms with E-state index < -0.39 is 0 Å². The van der Waals surface area contributed by atoms with Crippen molar-refractivity contribution in [1.82, 2.24) is 16.0 Å². The molecular weight excluding hydrogens is 443 g/mol. The predicted molar refractivity (Wildman–Crippen MR) is 108 cm³/mol. The summed E-state index contributed by atoms with van der Waals surface area (Å²) in [4.78, 5) is 16.1. The normalized spacial score (nSPS) is 17.1. The number of aliphatic imine (C=N–C) groups is 1. The van der Waals surface area contributed by atoms with Crippen LogP contribution < -0.4 is 16.0 Å². The van der Waals surface area contributed by atoms with Crippen molar-refractivity contribution in [1.29, 1.82) is 0 Å². The Labute approximate surface area is 164 Å². The number of hydrogen-bond acceptors (Lipinski definition) is 3. The van der Waals surface area contributed by atoms with E-state index in [4.69, 9.17) is 16.3 Å². The summed E-state index contributed by atoms with van der Waals surface area (Å²) in [6.07, 6.45) is 2.46. The first-order valence-corrected chi connectivity index (χ1v) is 8.17. The van der Waals surface area contributed by atoms with Gasteiger partial charge in [-0.3, -0.25) is 9.79 Å². The summed E-state index contributed by atoms with van der Waals surface area (Å²) in [7, 11) is 1.72. The van der Waals surface area contributed by atoms with Gasteiger partial charge in [0.1, 0.15) is 0 Å². The van der Waals surface area contributed by atoms with E-state index in [0.717, 1.165) is 26.0 Å². The Hall–Kier alpha value is -1.06. The van der Waals surface area contributed by atoms with Crippen molar-refractivity contribution in [3.63, 3.8) is 0 Å². The van der Waals surface area contributed by atoms with Crippen molar-refractivity contribution in [2.24, 2.45) is 4.99 Å². The third-order valence-corrected chi connectivity index (χ3v) is 3.90. The van der Waals surface area contributed by atoms with Gasteiger partial charge in [0.15, 0.2) is 5.96 Å². The molecule has 1 aromatic carbocycles. The number of halogens is 2. The number of ether oxygens (including phenoxy) is 1. The maximum absolute atomic E-state index is 12.0. The molecule has 1 fully saturated rings. The number of carbonyl (C=O) groups is 1. The molecule has 3 N–H and O–H groups in total. The molecule has 134 valence electrons. The molecule has 0 spiro atoms. The zero-order valence-corrected chi connectivity index (χ0v) is 16.8. The van der Waals surface area contributed by atoms with Gasteiger partial charge in [-0.15, -0.1) is 24.0 Å². The molecule has 0 saturated carbocycles. The van der Waals surface area contributed by atoms with Gasteiger partial charge in [0.05, 0.1) is 16.7 Å². The molecule has 1 aliphatic heterocycles. The van der Waals surface area contributed by atoms with Crippen LogP contribution in [0.3, 0.4) is 0 Å². The molecular formula is C16H24ClIN4O2. The first-order chi connectivity index (χ1) is 11.2. The minimum Gasteiger partial charge on any atom is -0.376 e. The highest BCUT2D eigenvalue weighted by Crippen LogP contribution is 2.14. The second-order valence-corrected chi connectivity index (χ2v) is 5.66. The van der Waals surface area contributed by atoms with Crippen LogP contribution >= 0.6 is 35.6 Å². The number of carbonyl (C=O) groups excluding carboxylic acids is 1. The summed E-state index contributed by atoms with van der Waals surface area (Å²) in [5.41, 5.74) is 0.482. The molecule has 1 saturated heterocycles. The molecule has 0 aromatic heterocycles.